The molecule has 0 heterocycles. The minimum absolute atomic E-state index is 0.746. The number of nitrogen functional groups attached to an aromatic ring is 1. The van der Waals surface area contributed by atoms with Crippen molar-refractivity contribution in [2.24, 2.45) is 5.92 Å². The molecule has 0 saturated carbocycles. The number of anilines is 1. The molecule has 84 valence electrons. The van der Waals surface area contributed by atoms with Crippen LogP contribution < -0.4 is 10.5 Å². The maximum atomic E-state index is 5.73. The van der Waals surface area contributed by atoms with Gasteiger partial charge in [-0.15, -0.1) is 0 Å². The van der Waals surface area contributed by atoms with Gasteiger partial charge < -0.3 is 10.5 Å². The molecular formula is C13H21NO. The van der Waals surface area contributed by atoms with Crippen molar-refractivity contribution in [1.29, 1.82) is 0 Å². The summed E-state index contributed by atoms with van der Waals surface area (Å²) in [4.78, 5) is 0. The molecule has 0 aliphatic heterocycles. The molecule has 0 aromatic heterocycles. The molecule has 0 aliphatic carbocycles. The smallest absolute Gasteiger partial charge is 0.121 e. The van der Waals surface area contributed by atoms with Crippen LogP contribution in [0.2, 0.25) is 0 Å². The Balaban J connectivity index is 2.37. The minimum Gasteiger partial charge on any atom is -0.494 e. The number of rotatable bonds is 5. The molecule has 1 rings (SSSR count). The normalized spacial score (nSPS) is 10.7. The first-order valence-corrected chi connectivity index (χ1v) is 5.58. The predicted octanol–water partition coefficient (Wildman–Crippen LogP) is 3.39. The fourth-order valence-corrected chi connectivity index (χ4v) is 1.54. The monoisotopic (exact) mass is 207 g/mol. The first kappa shape index (κ1) is 11.9. The lowest BCUT2D eigenvalue weighted by molar-refractivity contribution is 0.297. The number of benzene rings is 1. The quantitative estimate of drug-likeness (QED) is 0.593. The fourth-order valence-electron chi connectivity index (χ4n) is 1.54. The van der Waals surface area contributed by atoms with E-state index in [9.17, 15) is 0 Å². The lowest BCUT2D eigenvalue weighted by Gasteiger charge is -2.09. The molecule has 0 bridgehead atoms. The Bertz CT molecular complexity index is 287. The summed E-state index contributed by atoms with van der Waals surface area (Å²) in [7, 11) is 0. The molecule has 0 atom stereocenters. The average Bonchev–Trinajstić information content (AvgIpc) is 2.10. The Morgan fingerprint density at radius 2 is 2.00 bits per heavy atom. The van der Waals surface area contributed by atoms with Gasteiger partial charge in [0, 0.05) is 11.8 Å². The molecular weight excluding hydrogens is 186 g/mol. The molecule has 1 aromatic rings. The maximum absolute atomic E-state index is 5.73. The topological polar surface area (TPSA) is 35.2 Å². The van der Waals surface area contributed by atoms with E-state index < -0.39 is 0 Å². The minimum atomic E-state index is 0.746. The lowest BCUT2D eigenvalue weighted by Crippen LogP contribution is -2.00. The van der Waals surface area contributed by atoms with E-state index in [2.05, 4.69) is 13.8 Å². The van der Waals surface area contributed by atoms with Crippen molar-refractivity contribution in [2.45, 2.75) is 33.6 Å². The van der Waals surface area contributed by atoms with Gasteiger partial charge in [-0.25, -0.2) is 0 Å². The van der Waals surface area contributed by atoms with Gasteiger partial charge in [-0.3, -0.25) is 0 Å². The van der Waals surface area contributed by atoms with Crippen LogP contribution in [0, 0.1) is 12.8 Å². The first-order valence-electron chi connectivity index (χ1n) is 5.58. The Morgan fingerprint density at radius 3 is 2.60 bits per heavy atom. The molecule has 0 fully saturated rings. The zero-order valence-electron chi connectivity index (χ0n) is 9.92. The van der Waals surface area contributed by atoms with Gasteiger partial charge in [0.25, 0.3) is 0 Å². The summed E-state index contributed by atoms with van der Waals surface area (Å²) in [6, 6.07) is 5.84. The van der Waals surface area contributed by atoms with Crippen molar-refractivity contribution in [2.75, 3.05) is 12.3 Å². The van der Waals surface area contributed by atoms with Gasteiger partial charge in [-0.2, -0.15) is 0 Å². The highest BCUT2D eigenvalue weighted by atomic mass is 16.5. The van der Waals surface area contributed by atoms with Crippen molar-refractivity contribution in [1.82, 2.24) is 0 Å². The Kier molecular flexibility index (Phi) is 4.47. The fraction of sp³-hybridized carbons (Fsp3) is 0.538. The standard InChI is InChI=1S/C13H21NO/c1-10(2)5-4-6-15-13-8-11(3)7-12(14)9-13/h7-10H,4-6,14H2,1-3H3. The Hall–Kier alpha value is -1.18. The summed E-state index contributed by atoms with van der Waals surface area (Å²) in [6.45, 7) is 7.26. The highest BCUT2D eigenvalue weighted by Gasteiger charge is 1.98. The molecule has 2 heteroatoms. The Labute approximate surface area is 92.4 Å². The summed E-state index contributed by atoms with van der Waals surface area (Å²) in [5.41, 5.74) is 7.65. The second-order valence-corrected chi connectivity index (χ2v) is 4.46. The van der Waals surface area contributed by atoms with Crippen molar-refractivity contribution in [3.05, 3.63) is 23.8 Å². The summed E-state index contributed by atoms with van der Waals surface area (Å²) in [6.07, 6.45) is 2.31. The third-order valence-corrected chi connectivity index (χ3v) is 2.27. The van der Waals surface area contributed by atoms with E-state index in [0.717, 1.165) is 35.9 Å². The highest BCUT2D eigenvalue weighted by Crippen LogP contribution is 2.18. The van der Waals surface area contributed by atoms with Crippen LogP contribution in [0.3, 0.4) is 0 Å². The molecule has 1 aromatic carbocycles. The van der Waals surface area contributed by atoms with Crippen molar-refractivity contribution in [3.63, 3.8) is 0 Å². The van der Waals surface area contributed by atoms with E-state index >= 15 is 0 Å². The predicted molar refractivity (Wildman–Crippen MR) is 65.2 cm³/mol. The van der Waals surface area contributed by atoms with E-state index in [-0.39, 0.29) is 0 Å². The summed E-state index contributed by atoms with van der Waals surface area (Å²) in [5.74, 6) is 1.63. The van der Waals surface area contributed by atoms with Crippen LogP contribution in [-0.4, -0.2) is 6.61 Å². The van der Waals surface area contributed by atoms with Crippen LogP contribution in [0.5, 0.6) is 5.75 Å². The zero-order valence-corrected chi connectivity index (χ0v) is 9.92. The van der Waals surface area contributed by atoms with Crippen LogP contribution in [0.1, 0.15) is 32.3 Å². The highest BCUT2D eigenvalue weighted by molar-refractivity contribution is 5.47. The van der Waals surface area contributed by atoms with Crippen LogP contribution in [0.15, 0.2) is 18.2 Å². The Morgan fingerprint density at radius 1 is 1.27 bits per heavy atom. The average molecular weight is 207 g/mol. The molecule has 0 saturated heterocycles. The number of ether oxygens (including phenoxy) is 1. The van der Waals surface area contributed by atoms with Gasteiger partial charge in [-0.05, 0) is 43.4 Å². The third kappa shape index (κ3) is 4.73. The maximum Gasteiger partial charge on any atom is 0.121 e. The molecule has 2 nitrogen and oxygen atoms in total. The zero-order chi connectivity index (χ0) is 11.3. The van der Waals surface area contributed by atoms with Crippen molar-refractivity contribution >= 4 is 5.69 Å². The van der Waals surface area contributed by atoms with Crippen molar-refractivity contribution < 1.29 is 4.74 Å². The van der Waals surface area contributed by atoms with Gasteiger partial charge in [0.15, 0.2) is 0 Å². The van der Waals surface area contributed by atoms with E-state index in [1.54, 1.807) is 0 Å². The van der Waals surface area contributed by atoms with Crippen molar-refractivity contribution in [3.8, 4) is 5.75 Å². The van der Waals surface area contributed by atoms with E-state index in [0.29, 0.717) is 0 Å². The first-order chi connectivity index (χ1) is 7.08. The molecule has 15 heavy (non-hydrogen) atoms. The molecule has 0 unspecified atom stereocenters. The number of hydrogen-bond acceptors (Lipinski definition) is 2. The summed E-state index contributed by atoms with van der Waals surface area (Å²) < 4.78 is 5.64. The summed E-state index contributed by atoms with van der Waals surface area (Å²) >= 11 is 0. The van der Waals surface area contributed by atoms with E-state index in [4.69, 9.17) is 10.5 Å². The second kappa shape index (κ2) is 5.64. The summed E-state index contributed by atoms with van der Waals surface area (Å²) in [5, 5.41) is 0. The van der Waals surface area contributed by atoms with E-state index in [1.165, 1.54) is 6.42 Å². The number of aryl methyl sites for hydroxylation is 1. The second-order valence-electron chi connectivity index (χ2n) is 4.46. The van der Waals surface area contributed by atoms with Gasteiger partial charge in [0.05, 0.1) is 6.61 Å². The molecule has 0 aliphatic rings. The third-order valence-electron chi connectivity index (χ3n) is 2.27. The molecule has 0 spiro atoms. The van der Waals surface area contributed by atoms with Crippen LogP contribution >= 0.6 is 0 Å². The van der Waals surface area contributed by atoms with Crippen LogP contribution in [0.4, 0.5) is 5.69 Å². The molecule has 0 amide bonds. The molecule has 2 N–H and O–H groups in total. The van der Waals surface area contributed by atoms with Crippen LogP contribution in [0.25, 0.3) is 0 Å². The SMILES string of the molecule is Cc1cc(N)cc(OCCCC(C)C)c1. The van der Waals surface area contributed by atoms with Gasteiger partial charge in [0.1, 0.15) is 5.75 Å². The van der Waals surface area contributed by atoms with E-state index in [1.807, 2.05) is 25.1 Å². The van der Waals surface area contributed by atoms with Crippen LogP contribution in [-0.2, 0) is 0 Å². The van der Waals surface area contributed by atoms with Gasteiger partial charge >= 0.3 is 0 Å². The molecule has 0 radical (unpaired) electrons. The largest absolute Gasteiger partial charge is 0.494 e. The number of nitrogens with two attached hydrogens (primary N) is 1. The number of hydrogen-bond donors (Lipinski definition) is 1. The van der Waals surface area contributed by atoms with Gasteiger partial charge in [0.2, 0.25) is 0 Å². The van der Waals surface area contributed by atoms with Gasteiger partial charge in [-0.1, -0.05) is 13.8 Å². The lowest BCUT2D eigenvalue weighted by atomic mass is 10.1.